The van der Waals surface area contributed by atoms with Crippen molar-refractivity contribution in [1.29, 1.82) is 0 Å². The minimum absolute atomic E-state index is 0.138. The number of hydrogen-bond acceptors (Lipinski definition) is 4. The molecule has 0 saturated heterocycles. The van der Waals surface area contributed by atoms with Gasteiger partial charge >= 0.3 is 0 Å². The van der Waals surface area contributed by atoms with Crippen LogP contribution in [0.15, 0.2) is 18.2 Å². The van der Waals surface area contributed by atoms with Crippen molar-refractivity contribution in [2.75, 3.05) is 27.7 Å². The van der Waals surface area contributed by atoms with Crippen molar-refractivity contribution in [1.82, 2.24) is 4.90 Å². The van der Waals surface area contributed by atoms with Gasteiger partial charge in [-0.15, -0.1) is 0 Å². The summed E-state index contributed by atoms with van der Waals surface area (Å²) in [7, 11) is 5.47. The fourth-order valence-corrected chi connectivity index (χ4v) is 1.55. The van der Waals surface area contributed by atoms with Crippen molar-refractivity contribution < 1.29 is 9.84 Å². The number of nitrogens with two attached hydrogens (primary N) is 1. The summed E-state index contributed by atoms with van der Waals surface area (Å²) in [5.74, 6) is 0.628. The fraction of sp³-hybridized carbons (Fsp3) is 0.455. The van der Waals surface area contributed by atoms with E-state index in [2.05, 4.69) is 0 Å². The minimum atomic E-state index is 0.138. The number of likely N-dealkylation sites (N-methyl/N-ethyl adjacent to an activating group) is 1. The molecule has 84 valence electrons. The van der Waals surface area contributed by atoms with Crippen molar-refractivity contribution in [3.8, 4) is 11.5 Å². The third-order valence-electron chi connectivity index (χ3n) is 2.44. The molecule has 15 heavy (non-hydrogen) atoms. The quantitative estimate of drug-likeness (QED) is 0.777. The normalized spacial score (nSPS) is 12.9. The maximum atomic E-state index is 9.46. The predicted octanol–water partition coefficient (Wildman–Crippen LogP) is 0.962. The van der Waals surface area contributed by atoms with Gasteiger partial charge in [0.05, 0.1) is 7.11 Å². The molecular weight excluding hydrogens is 192 g/mol. The van der Waals surface area contributed by atoms with E-state index in [-0.39, 0.29) is 11.8 Å². The standard InChI is InChI=1S/C11H18N2O2/c1-13(2)9(7-12)8-4-5-10(14)11(6-8)15-3/h4-6,9,14H,7,12H2,1-3H3. The van der Waals surface area contributed by atoms with Crippen LogP contribution in [-0.4, -0.2) is 37.8 Å². The highest BCUT2D eigenvalue weighted by Gasteiger charge is 2.13. The number of rotatable bonds is 4. The van der Waals surface area contributed by atoms with Crippen LogP contribution in [0.5, 0.6) is 11.5 Å². The molecule has 0 radical (unpaired) electrons. The summed E-state index contributed by atoms with van der Waals surface area (Å²) >= 11 is 0. The Kier molecular flexibility index (Phi) is 3.94. The van der Waals surface area contributed by atoms with Gasteiger partial charge in [-0.05, 0) is 31.8 Å². The molecule has 4 nitrogen and oxygen atoms in total. The summed E-state index contributed by atoms with van der Waals surface area (Å²) in [5, 5.41) is 9.46. The second-order valence-corrected chi connectivity index (χ2v) is 3.65. The number of phenolic OH excluding ortho intramolecular Hbond substituents is 1. The molecule has 1 aromatic rings. The van der Waals surface area contributed by atoms with E-state index >= 15 is 0 Å². The van der Waals surface area contributed by atoms with Crippen LogP contribution < -0.4 is 10.5 Å². The van der Waals surface area contributed by atoms with E-state index in [0.29, 0.717) is 12.3 Å². The van der Waals surface area contributed by atoms with Crippen LogP contribution >= 0.6 is 0 Å². The first kappa shape index (κ1) is 11.8. The highest BCUT2D eigenvalue weighted by Crippen LogP contribution is 2.29. The predicted molar refractivity (Wildman–Crippen MR) is 60.1 cm³/mol. The third-order valence-corrected chi connectivity index (χ3v) is 2.44. The van der Waals surface area contributed by atoms with E-state index in [1.807, 2.05) is 31.1 Å². The number of aromatic hydroxyl groups is 1. The number of benzene rings is 1. The van der Waals surface area contributed by atoms with E-state index in [9.17, 15) is 5.11 Å². The molecule has 0 aromatic heterocycles. The molecular formula is C11H18N2O2. The van der Waals surface area contributed by atoms with Crippen LogP contribution in [0, 0.1) is 0 Å². The van der Waals surface area contributed by atoms with Gasteiger partial charge in [-0.1, -0.05) is 6.07 Å². The van der Waals surface area contributed by atoms with Gasteiger partial charge in [-0.25, -0.2) is 0 Å². The number of phenols is 1. The van der Waals surface area contributed by atoms with Crippen LogP contribution in [0.4, 0.5) is 0 Å². The highest BCUT2D eigenvalue weighted by molar-refractivity contribution is 5.42. The maximum Gasteiger partial charge on any atom is 0.160 e. The Morgan fingerprint density at radius 2 is 2.13 bits per heavy atom. The van der Waals surface area contributed by atoms with Crippen molar-refractivity contribution in [2.24, 2.45) is 5.73 Å². The second kappa shape index (κ2) is 5.00. The Hall–Kier alpha value is -1.26. The molecule has 0 saturated carbocycles. The zero-order chi connectivity index (χ0) is 11.4. The lowest BCUT2D eigenvalue weighted by Gasteiger charge is -2.23. The summed E-state index contributed by atoms with van der Waals surface area (Å²) in [4.78, 5) is 2.03. The van der Waals surface area contributed by atoms with Gasteiger partial charge in [-0.2, -0.15) is 0 Å². The van der Waals surface area contributed by atoms with Crippen LogP contribution in [0.3, 0.4) is 0 Å². The summed E-state index contributed by atoms with van der Waals surface area (Å²) in [6.07, 6.45) is 0. The molecule has 0 aliphatic rings. The first-order chi connectivity index (χ1) is 7.10. The van der Waals surface area contributed by atoms with Crippen molar-refractivity contribution in [2.45, 2.75) is 6.04 Å². The van der Waals surface area contributed by atoms with Gasteiger partial charge < -0.3 is 20.5 Å². The smallest absolute Gasteiger partial charge is 0.160 e. The van der Waals surface area contributed by atoms with Gasteiger partial charge in [0.1, 0.15) is 0 Å². The number of ether oxygens (including phenoxy) is 1. The summed E-state index contributed by atoms with van der Waals surface area (Å²) < 4.78 is 5.05. The lowest BCUT2D eigenvalue weighted by Crippen LogP contribution is -2.27. The van der Waals surface area contributed by atoms with Gasteiger partial charge in [0.15, 0.2) is 11.5 Å². The molecule has 1 atom stereocenters. The Balaban J connectivity index is 3.03. The van der Waals surface area contributed by atoms with E-state index in [0.717, 1.165) is 5.56 Å². The van der Waals surface area contributed by atoms with E-state index in [1.54, 1.807) is 6.07 Å². The van der Waals surface area contributed by atoms with Gasteiger partial charge in [0.2, 0.25) is 0 Å². The zero-order valence-corrected chi connectivity index (χ0v) is 9.40. The molecule has 0 spiro atoms. The molecule has 1 aromatic carbocycles. The minimum Gasteiger partial charge on any atom is -0.504 e. The average Bonchev–Trinajstić information content (AvgIpc) is 2.21. The van der Waals surface area contributed by atoms with E-state index < -0.39 is 0 Å². The Morgan fingerprint density at radius 1 is 1.47 bits per heavy atom. The average molecular weight is 210 g/mol. The van der Waals surface area contributed by atoms with E-state index in [1.165, 1.54) is 7.11 Å². The lowest BCUT2D eigenvalue weighted by molar-refractivity contribution is 0.303. The van der Waals surface area contributed by atoms with Crippen molar-refractivity contribution >= 4 is 0 Å². The Bertz CT molecular complexity index is 326. The van der Waals surface area contributed by atoms with Crippen LogP contribution in [0.25, 0.3) is 0 Å². The van der Waals surface area contributed by atoms with Crippen molar-refractivity contribution in [3.63, 3.8) is 0 Å². The summed E-state index contributed by atoms with van der Waals surface area (Å²) in [6.45, 7) is 0.529. The second-order valence-electron chi connectivity index (χ2n) is 3.65. The number of nitrogens with zero attached hydrogens (tertiary/aromatic N) is 1. The van der Waals surface area contributed by atoms with Crippen molar-refractivity contribution in [3.05, 3.63) is 23.8 Å². The van der Waals surface area contributed by atoms with Gasteiger partial charge in [-0.3, -0.25) is 0 Å². The molecule has 1 unspecified atom stereocenters. The largest absolute Gasteiger partial charge is 0.504 e. The van der Waals surface area contributed by atoms with Crippen LogP contribution in [-0.2, 0) is 0 Å². The van der Waals surface area contributed by atoms with Gasteiger partial charge in [0, 0.05) is 12.6 Å². The molecule has 0 fully saturated rings. The molecule has 0 heterocycles. The molecule has 0 bridgehead atoms. The first-order valence-electron chi connectivity index (χ1n) is 4.83. The third kappa shape index (κ3) is 2.61. The fourth-order valence-electron chi connectivity index (χ4n) is 1.55. The molecule has 3 N–H and O–H groups in total. The van der Waals surface area contributed by atoms with Crippen LogP contribution in [0.1, 0.15) is 11.6 Å². The number of methoxy groups -OCH3 is 1. The maximum absolute atomic E-state index is 9.46. The zero-order valence-electron chi connectivity index (χ0n) is 9.40. The number of hydrogen-bond donors (Lipinski definition) is 2. The molecule has 0 aliphatic heterocycles. The Labute approximate surface area is 90.3 Å². The van der Waals surface area contributed by atoms with E-state index in [4.69, 9.17) is 10.5 Å². The highest BCUT2D eigenvalue weighted by atomic mass is 16.5. The summed E-state index contributed by atoms with van der Waals surface area (Å²) in [5.41, 5.74) is 6.73. The van der Waals surface area contributed by atoms with Gasteiger partial charge in [0.25, 0.3) is 0 Å². The molecule has 0 aliphatic carbocycles. The lowest BCUT2D eigenvalue weighted by atomic mass is 10.1. The molecule has 1 rings (SSSR count). The summed E-state index contributed by atoms with van der Waals surface area (Å²) in [6, 6.07) is 5.43. The van der Waals surface area contributed by atoms with Crippen LogP contribution in [0.2, 0.25) is 0 Å². The monoisotopic (exact) mass is 210 g/mol. The topological polar surface area (TPSA) is 58.7 Å². The first-order valence-corrected chi connectivity index (χ1v) is 4.83. The Morgan fingerprint density at radius 3 is 2.60 bits per heavy atom. The molecule has 4 heteroatoms. The SMILES string of the molecule is COc1cc(C(CN)N(C)C)ccc1O. The molecule has 0 amide bonds.